The molecule has 4 nitrogen and oxygen atoms in total. The third-order valence-corrected chi connectivity index (χ3v) is 3.91. The van der Waals surface area contributed by atoms with Crippen LogP contribution in [0, 0.1) is 6.92 Å². The molecule has 0 amide bonds. The highest BCUT2D eigenvalue weighted by Crippen LogP contribution is 2.34. The second-order valence-electron chi connectivity index (χ2n) is 5.66. The Bertz CT molecular complexity index is 587. The monoisotopic (exact) mass is 313 g/mol. The molecule has 23 heavy (non-hydrogen) atoms. The highest BCUT2D eigenvalue weighted by molar-refractivity contribution is 5.36. The number of aryl methyl sites for hydroxylation is 1. The van der Waals surface area contributed by atoms with E-state index in [9.17, 15) is 0 Å². The van der Waals surface area contributed by atoms with Crippen LogP contribution in [0.3, 0.4) is 0 Å². The van der Waals surface area contributed by atoms with Gasteiger partial charge in [0.05, 0.1) is 7.11 Å². The molecule has 0 atom stereocenters. The van der Waals surface area contributed by atoms with Crippen molar-refractivity contribution in [2.45, 2.75) is 38.5 Å². The molecule has 0 unspecified atom stereocenters. The molecule has 2 aromatic rings. The summed E-state index contributed by atoms with van der Waals surface area (Å²) in [7, 11) is 1.31. The Kier molecular flexibility index (Phi) is 6.60. The van der Waals surface area contributed by atoms with Crippen molar-refractivity contribution in [2.24, 2.45) is 0 Å². The average molecular weight is 313 g/mol. The minimum atomic E-state index is 0.375. The van der Waals surface area contributed by atoms with E-state index in [0.717, 1.165) is 17.2 Å². The van der Waals surface area contributed by atoms with E-state index in [4.69, 9.17) is 9.53 Å². The average Bonchev–Trinajstić information content (AvgIpc) is 3.12. The SMILES string of the molecule is COC=O.Cc1ccc(Oc2ccc(C3CCCC3)cc2)nc1. The summed E-state index contributed by atoms with van der Waals surface area (Å²) < 4.78 is 9.60. The predicted molar refractivity (Wildman–Crippen MR) is 89.8 cm³/mol. The Labute approximate surface area is 137 Å². The van der Waals surface area contributed by atoms with Gasteiger partial charge in [-0.25, -0.2) is 4.98 Å². The molecule has 0 radical (unpaired) electrons. The zero-order chi connectivity index (χ0) is 16.5. The molecule has 3 rings (SSSR count). The van der Waals surface area contributed by atoms with Gasteiger partial charge in [0, 0.05) is 12.3 Å². The molecule has 0 saturated heterocycles. The van der Waals surface area contributed by atoms with E-state index >= 15 is 0 Å². The molecule has 4 heteroatoms. The van der Waals surface area contributed by atoms with Crippen LogP contribution in [-0.4, -0.2) is 18.6 Å². The smallest absolute Gasteiger partial charge is 0.292 e. The normalized spacial score (nSPS) is 13.8. The number of aromatic nitrogens is 1. The number of rotatable bonds is 4. The highest BCUT2D eigenvalue weighted by Gasteiger charge is 2.16. The molecule has 0 bridgehead atoms. The second-order valence-corrected chi connectivity index (χ2v) is 5.66. The van der Waals surface area contributed by atoms with Crippen molar-refractivity contribution in [3.63, 3.8) is 0 Å². The molecular formula is C19H23NO3. The molecule has 1 heterocycles. The quantitative estimate of drug-likeness (QED) is 0.772. The van der Waals surface area contributed by atoms with Gasteiger partial charge in [-0.2, -0.15) is 0 Å². The largest absolute Gasteiger partial charge is 0.471 e. The highest BCUT2D eigenvalue weighted by atomic mass is 16.5. The number of ether oxygens (including phenoxy) is 2. The number of methoxy groups -OCH3 is 1. The molecule has 122 valence electrons. The lowest BCUT2D eigenvalue weighted by atomic mass is 9.98. The van der Waals surface area contributed by atoms with E-state index in [1.807, 2.05) is 25.3 Å². The fourth-order valence-corrected chi connectivity index (χ4v) is 2.70. The Morgan fingerprint density at radius 2 is 1.74 bits per heavy atom. The lowest BCUT2D eigenvalue weighted by molar-refractivity contribution is -0.126. The summed E-state index contributed by atoms with van der Waals surface area (Å²) in [4.78, 5) is 13.2. The van der Waals surface area contributed by atoms with Gasteiger partial charge in [0.15, 0.2) is 0 Å². The summed E-state index contributed by atoms with van der Waals surface area (Å²) in [6.07, 6.45) is 7.23. The van der Waals surface area contributed by atoms with E-state index in [2.05, 4.69) is 34.0 Å². The number of nitrogens with zero attached hydrogens (tertiary/aromatic N) is 1. The summed E-state index contributed by atoms with van der Waals surface area (Å²) in [5.74, 6) is 2.27. The van der Waals surface area contributed by atoms with E-state index in [0.29, 0.717) is 12.4 Å². The first-order valence-electron chi connectivity index (χ1n) is 7.90. The molecule has 0 spiro atoms. The van der Waals surface area contributed by atoms with E-state index in [1.165, 1.54) is 38.4 Å². The van der Waals surface area contributed by atoms with Gasteiger partial charge in [0.2, 0.25) is 5.88 Å². The van der Waals surface area contributed by atoms with E-state index < -0.39 is 0 Å². The van der Waals surface area contributed by atoms with Crippen molar-refractivity contribution in [1.82, 2.24) is 4.98 Å². The molecule has 1 saturated carbocycles. The fourth-order valence-electron chi connectivity index (χ4n) is 2.70. The van der Waals surface area contributed by atoms with Crippen LogP contribution in [0.25, 0.3) is 0 Å². The molecule has 1 aromatic heterocycles. The van der Waals surface area contributed by atoms with Crippen molar-refractivity contribution in [2.75, 3.05) is 7.11 Å². The van der Waals surface area contributed by atoms with Crippen molar-refractivity contribution in [3.8, 4) is 11.6 Å². The first-order chi connectivity index (χ1) is 11.2. The zero-order valence-electron chi connectivity index (χ0n) is 13.7. The maximum atomic E-state index is 8.95. The van der Waals surface area contributed by atoms with Gasteiger partial charge in [-0.3, -0.25) is 4.79 Å². The molecule has 0 aliphatic heterocycles. The van der Waals surface area contributed by atoms with E-state index in [-0.39, 0.29) is 0 Å². The fraction of sp³-hybridized carbons (Fsp3) is 0.368. The number of carbonyl (C=O) groups is 1. The van der Waals surface area contributed by atoms with Crippen LogP contribution in [0.1, 0.15) is 42.7 Å². The van der Waals surface area contributed by atoms with Crippen LogP contribution in [0.4, 0.5) is 0 Å². The third kappa shape index (κ3) is 5.40. The van der Waals surface area contributed by atoms with Crippen molar-refractivity contribution >= 4 is 6.47 Å². The lowest BCUT2D eigenvalue weighted by Crippen LogP contribution is -1.92. The number of carbonyl (C=O) groups excluding carboxylic acids is 1. The van der Waals surface area contributed by atoms with Crippen LogP contribution in [0.2, 0.25) is 0 Å². The number of pyridine rings is 1. The third-order valence-electron chi connectivity index (χ3n) is 3.91. The molecule has 1 aromatic carbocycles. The zero-order valence-corrected chi connectivity index (χ0v) is 13.7. The number of benzene rings is 1. The van der Waals surface area contributed by atoms with Gasteiger partial charge >= 0.3 is 0 Å². The number of hydrogen-bond donors (Lipinski definition) is 0. The summed E-state index contributed by atoms with van der Waals surface area (Å²) >= 11 is 0. The van der Waals surface area contributed by atoms with Gasteiger partial charge in [-0.1, -0.05) is 31.0 Å². The summed E-state index contributed by atoms with van der Waals surface area (Å²) in [6, 6.07) is 12.4. The van der Waals surface area contributed by atoms with Gasteiger partial charge in [0.1, 0.15) is 5.75 Å². The molecule has 1 aliphatic rings. The van der Waals surface area contributed by atoms with Crippen LogP contribution in [0.5, 0.6) is 11.6 Å². The summed E-state index contributed by atoms with van der Waals surface area (Å²) in [5.41, 5.74) is 2.59. The second kappa shape index (κ2) is 8.93. The number of hydrogen-bond acceptors (Lipinski definition) is 4. The first-order valence-corrected chi connectivity index (χ1v) is 7.90. The topological polar surface area (TPSA) is 48.4 Å². The van der Waals surface area contributed by atoms with Crippen molar-refractivity contribution < 1.29 is 14.3 Å². The standard InChI is InChI=1S/C17H19NO.C2H4O2/c1-13-6-11-17(18-12-13)19-16-9-7-15(8-10-16)14-4-2-3-5-14;1-4-2-3/h6-12,14H,2-5H2,1H3;2H,1H3. The van der Waals surface area contributed by atoms with Crippen LogP contribution < -0.4 is 4.74 Å². The minimum absolute atomic E-state index is 0.375. The lowest BCUT2D eigenvalue weighted by Gasteiger charge is -2.10. The van der Waals surface area contributed by atoms with Gasteiger partial charge < -0.3 is 9.47 Å². The van der Waals surface area contributed by atoms with Gasteiger partial charge in [-0.05, 0) is 48.9 Å². The molecular weight excluding hydrogens is 290 g/mol. The maximum Gasteiger partial charge on any atom is 0.292 e. The van der Waals surface area contributed by atoms with Crippen LogP contribution in [-0.2, 0) is 9.53 Å². The van der Waals surface area contributed by atoms with Crippen LogP contribution in [0.15, 0.2) is 42.6 Å². The predicted octanol–water partition coefficient (Wildman–Crippen LogP) is 4.63. The van der Waals surface area contributed by atoms with Gasteiger partial charge in [-0.15, -0.1) is 0 Å². The van der Waals surface area contributed by atoms with Crippen molar-refractivity contribution in [3.05, 3.63) is 53.7 Å². The van der Waals surface area contributed by atoms with Gasteiger partial charge in [0.25, 0.3) is 6.47 Å². The Morgan fingerprint density at radius 3 is 2.26 bits per heavy atom. The maximum absolute atomic E-state index is 8.95. The van der Waals surface area contributed by atoms with Crippen molar-refractivity contribution in [1.29, 1.82) is 0 Å². The van der Waals surface area contributed by atoms with E-state index in [1.54, 1.807) is 0 Å². The Morgan fingerprint density at radius 1 is 1.09 bits per heavy atom. The summed E-state index contributed by atoms with van der Waals surface area (Å²) in [6.45, 7) is 2.40. The minimum Gasteiger partial charge on any atom is -0.471 e. The first kappa shape index (κ1) is 17.0. The Balaban J connectivity index is 0.000000433. The molecule has 1 fully saturated rings. The molecule has 1 aliphatic carbocycles. The van der Waals surface area contributed by atoms with Crippen LogP contribution >= 0.6 is 0 Å². The Hall–Kier alpha value is -2.36. The summed E-state index contributed by atoms with van der Waals surface area (Å²) in [5, 5.41) is 0. The molecule has 0 N–H and O–H groups in total.